The molecule has 19 heavy (non-hydrogen) atoms. The van der Waals surface area contributed by atoms with E-state index in [1.807, 2.05) is 13.1 Å². The Balaban J connectivity index is 2.01. The van der Waals surface area contributed by atoms with Crippen LogP contribution in [0.25, 0.3) is 0 Å². The van der Waals surface area contributed by atoms with Crippen LogP contribution in [0, 0.1) is 6.92 Å². The Labute approximate surface area is 119 Å². The van der Waals surface area contributed by atoms with Gasteiger partial charge in [0.15, 0.2) is 11.0 Å². The molecule has 2 aromatic heterocycles. The molecule has 0 fully saturated rings. The summed E-state index contributed by atoms with van der Waals surface area (Å²) in [6, 6.07) is 1.40. The molecule has 0 aromatic carbocycles. The van der Waals surface area contributed by atoms with Crippen molar-refractivity contribution in [1.29, 1.82) is 0 Å². The fourth-order valence-corrected chi connectivity index (χ4v) is 2.42. The molecule has 2 rings (SSSR count). The number of carbonyl (C=O) groups is 1. The van der Waals surface area contributed by atoms with E-state index in [1.54, 1.807) is 11.3 Å². The summed E-state index contributed by atoms with van der Waals surface area (Å²) in [5.41, 5.74) is 5.49. The molecule has 0 radical (unpaired) electrons. The summed E-state index contributed by atoms with van der Waals surface area (Å²) in [5.74, 6) is -0.255. The lowest BCUT2D eigenvalue weighted by Crippen LogP contribution is -2.17. The average molecular weight is 298 g/mol. The highest BCUT2D eigenvalue weighted by molar-refractivity contribution is 7.11. The van der Waals surface area contributed by atoms with Gasteiger partial charge < -0.3 is 11.1 Å². The monoisotopic (exact) mass is 297 g/mol. The van der Waals surface area contributed by atoms with Crippen molar-refractivity contribution >= 4 is 34.7 Å². The maximum absolute atomic E-state index is 11.3. The van der Waals surface area contributed by atoms with Gasteiger partial charge in [-0.1, -0.05) is 11.6 Å². The molecule has 0 saturated carbocycles. The molecule has 0 aliphatic rings. The molecule has 2 aromatic rings. The van der Waals surface area contributed by atoms with Crippen LogP contribution in [0.2, 0.25) is 5.15 Å². The van der Waals surface area contributed by atoms with Crippen molar-refractivity contribution in [1.82, 2.24) is 15.2 Å². The van der Waals surface area contributed by atoms with Gasteiger partial charge in [-0.05, 0) is 13.0 Å². The fraction of sp³-hybridized carbons (Fsp3) is 0.273. The van der Waals surface area contributed by atoms with Crippen LogP contribution in [0.4, 0.5) is 5.82 Å². The van der Waals surface area contributed by atoms with E-state index in [1.165, 1.54) is 10.9 Å². The van der Waals surface area contributed by atoms with Gasteiger partial charge in [0, 0.05) is 24.0 Å². The number of rotatable bonds is 5. The number of nitrogens with one attached hydrogen (secondary N) is 1. The lowest BCUT2D eigenvalue weighted by atomic mass is 10.2. The van der Waals surface area contributed by atoms with Gasteiger partial charge in [0.2, 0.25) is 0 Å². The van der Waals surface area contributed by atoms with Gasteiger partial charge in [-0.3, -0.25) is 4.79 Å². The average Bonchev–Trinajstić information content (AvgIpc) is 2.77. The Morgan fingerprint density at radius 3 is 2.95 bits per heavy atom. The number of nitrogens with two attached hydrogens (primary N) is 1. The third-order valence-electron chi connectivity index (χ3n) is 2.33. The van der Waals surface area contributed by atoms with E-state index in [9.17, 15) is 4.79 Å². The number of aryl methyl sites for hydroxylation is 1. The van der Waals surface area contributed by atoms with Gasteiger partial charge >= 0.3 is 0 Å². The Morgan fingerprint density at radius 2 is 2.32 bits per heavy atom. The lowest BCUT2D eigenvalue weighted by molar-refractivity contribution is 0.100. The van der Waals surface area contributed by atoms with Gasteiger partial charge in [-0.2, -0.15) is 0 Å². The summed E-state index contributed by atoms with van der Waals surface area (Å²) in [6.45, 7) is 2.59. The largest absolute Gasteiger partial charge is 0.367 e. The van der Waals surface area contributed by atoms with Crippen LogP contribution in [0.1, 0.15) is 20.2 Å². The number of aromatic nitrogens is 3. The first-order valence-electron chi connectivity index (χ1n) is 5.54. The predicted octanol–water partition coefficient (Wildman–Crippen LogP) is 1.65. The van der Waals surface area contributed by atoms with Crippen LogP contribution in [-0.2, 0) is 6.42 Å². The minimum Gasteiger partial charge on any atom is -0.367 e. The number of primary amides is 1. The van der Waals surface area contributed by atoms with Crippen LogP contribution in [-0.4, -0.2) is 27.6 Å². The number of carbonyl (C=O) groups excluding carboxylic acids is 1. The Bertz CT molecular complexity index is 601. The number of hydrogen-bond donors (Lipinski definition) is 2. The molecular weight excluding hydrogens is 286 g/mol. The molecule has 0 saturated heterocycles. The molecule has 0 aliphatic heterocycles. The zero-order valence-electron chi connectivity index (χ0n) is 10.2. The number of halogens is 1. The van der Waals surface area contributed by atoms with E-state index in [0.29, 0.717) is 12.4 Å². The zero-order valence-corrected chi connectivity index (χ0v) is 11.8. The molecular formula is C11H12ClN5OS. The second kappa shape index (κ2) is 5.94. The summed E-state index contributed by atoms with van der Waals surface area (Å²) in [5, 5.41) is 11.7. The molecule has 0 spiro atoms. The topological polar surface area (TPSA) is 93.8 Å². The van der Waals surface area contributed by atoms with Gasteiger partial charge in [-0.25, -0.2) is 4.98 Å². The molecule has 8 heteroatoms. The maximum Gasteiger partial charge on any atom is 0.252 e. The standard InChI is InChI=1S/C11H12ClN5OS/c1-6-5-15-9(19-6)2-3-14-11-7(10(13)18)4-8(12)16-17-11/h4-5H,2-3H2,1H3,(H2,13,18)(H,14,17). The molecule has 2 heterocycles. The van der Waals surface area contributed by atoms with Crippen molar-refractivity contribution in [2.45, 2.75) is 13.3 Å². The van der Waals surface area contributed by atoms with Gasteiger partial charge in [-0.15, -0.1) is 21.5 Å². The van der Waals surface area contributed by atoms with Crippen molar-refractivity contribution < 1.29 is 4.79 Å². The predicted molar refractivity (Wildman–Crippen MR) is 74.6 cm³/mol. The first kappa shape index (κ1) is 13.7. The third kappa shape index (κ3) is 3.62. The number of amides is 1. The summed E-state index contributed by atoms with van der Waals surface area (Å²) in [6.07, 6.45) is 2.57. The Kier molecular flexibility index (Phi) is 4.28. The van der Waals surface area contributed by atoms with Crippen molar-refractivity contribution in [3.05, 3.63) is 32.9 Å². The highest BCUT2D eigenvalue weighted by Gasteiger charge is 2.11. The summed E-state index contributed by atoms with van der Waals surface area (Å²) >= 11 is 7.31. The molecule has 3 N–H and O–H groups in total. The van der Waals surface area contributed by atoms with E-state index in [4.69, 9.17) is 17.3 Å². The summed E-state index contributed by atoms with van der Waals surface area (Å²) < 4.78 is 0. The second-order valence-corrected chi connectivity index (χ2v) is 5.54. The van der Waals surface area contributed by atoms with Gasteiger partial charge in [0.05, 0.1) is 10.6 Å². The van der Waals surface area contributed by atoms with Crippen LogP contribution in [0.15, 0.2) is 12.3 Å². The van der Waals surface area contributed by atoms with Crippen molar-refractivity contribution in [3.8, 4) is 0 Å². The SMILES string of the molecule is Cc1cnc(CCNc2nnc(Cl)cc2C(N)=O)s1. The van der Waals surface area contributed by atoms with E-state index < -0.39 is 5.91 Å². The molecule has 1 amide bonds. The summed E-state index contributed by atoms with van der Waals surface area (Å²) in [7, 11) is 0. The highest BCUT2D eigenvalue weighted by atomic mass is 35.5. The van der Waals surface area contributed by atoms with Crippen molar-refractivity contribution in [2.75, 3.05) is 11.9 Å². The number of hydrogen-bond acceptors (Lipinski definition) is 6. The molecule has 0 aliphatic carbocycles. The number of thiazole rings is 1. The van der Waals surface area contributed by atoms with Crippen LogP contribution < -0.4 is 11.1 Å². The fourth-order valence-electron chi connectivity index (χ4n) is 1.49. The molecule has 100 valence electrons. The normalized spacial score (nSPS) is 10.4. The highest BCUT2D eigenvalue weighted by Crippen LogP contribution is 2.15. The molecule has 0 atom stereocenters. The maximum atomic E-state index is 11.3. The first-order chi connectivity index (χ1) is 9.06. The van der Waals surface area contributed by atoms with Crippen LogP contribution in [0.3, 0.4) is 0 Å². The van der Waals surface area contributed by atoms with E-state index in [2.05, 4.69) is 20.5 Å². The van der Waals surface area contributed by atoms with Gasteiger partial charge in [0.1, 0.15) is 0 Å². The first-order valence-corrected chi connectivity index (χ1v) is 6.74. The van der Waals surface area contributed by atoms with Crippen molar-refractivity contribution in [3.63, 3.8) is 0 Å². The van der Waals surface area contributed by atoms with E-state index in [0.717, 1.165) is 11.4 Å². The molecule has 6 nitrogen and oxygen atoms in total. The number of nitrogens with zero attached hydrogens (tertiary/aromatic N) is 3. The third-order valence-corrected chi connectivity index (χ3v) is 3.49. The quantitative estimate of drug-likeness (QED) is 0.875. The number of anilines is 1. The van der Waals surface area contributed by atoms with Crippen molar-refractivity contribution in [2.24, 2.45) is 5.73 Å². The van der Waals surface area contributed by atoms with Crippen LogP contribution >= 0.6 is 22.9 Å². The second-order valence-electron chi connectivity index (χ2n) is 3.84. The smallest absolute Gasteiger partial charge is 0.252 e. The molecule has 0 unspecified atom stereocenters. The Hall–Kier alpha value is -1.73. The molecule has 0 bridgehead atoms. The zero-order chi connectivity index (χ0) is 13.8. The van der Waals surface area contributed by atoms with Crippen LogP contribution in [0.5, 0.6) is 0 Å². The minimum absolute atomic E-state index is 0.134. The lowest BCUT2D eigenvalue weighted by Gasteiger charge is -2.07. The van der Waals surface area contributed by atoms with E-state index in [-0.39, 0.29) is 10.7 Å². The minimum atomic E-state index is -0.593. The summed E-state index contributed by atoms with van der Waals surface area (Å²) in [4.78, 5) is 16.7. The van der Waals surface area contributed by atoms with E-state index >= 15 is 0 Å². The van der Waals surface area contributed by atoms with Gasteiger partial charge in [0.25, 0.3) is 5.91 Å². The Morgan fingerprint density at radius 1 is 1.53 bits per heavy atom.